The van der Waals surface area contributed by atoms with Crippen LogP contribution in [0.5, 0.6) is 0 Å². The number of fused-ring (bicyclic) bond motifs is 1. The predicted octanol–water partition coefficient (Wildman–Crippen LogP) is 0.542. The summed E-state index contributed by atoms with van der Waals surface area (Å²) in [4.78, 5) is 18.1. The van der Waals surface area contributed by atoms with Crippen molar-refractivity contribution in [3.63, 3.8) is 0 Å². The van der Waals surface area contributed by atoms with Gasteiger partial charge in [0.15, 0.2) is 11.9 Å². The fourth-order valence-corrected chi connectivity index (χ4v) is 0.891. The molecule has 2 rings (SSSR count). The van der Waals surface area contributed by atoms with Crippen molar-refractivity contribution >= 4 is 11.9 Å². The second-order valence-electron chi connectivity index (χ2n) is 2.13. The van der Waals surface area contributed by atoms with E-state index in [0.717, 1.165) is 0 Å². The maximum Gasteiger partial charge on any atom is 0.168 e. The van der Waals surface area contributed by atoms with Gasteiger partial charge < -0.3 is 0 Å². The first kappa shape index (κ1) is 6.03. The van der Waals surface area contributed by atoms with Gasteiger partial charge in [-0.15, -0.1) is 0 Å². The first-order chi connectivity index (χ1) is 5.40. The van der Waals surface area contributed by atoms with E-state index in [-0.39, 0.29) is 0 Å². The lowest BCUT2D eigenvalue weighted by Crippen LogP contribution is -1.90. The van der Waals surface area contributed by atoms with E-state index in [1.165, 1.54) is 0 Å². The molecule has 0 fully saturated rings. The Hall–Kier alpha value is -1.71. The van der Waals surface area contributed by atoms with Gasteiger partial charge in [0.25, 0.3) is 0 Å². The highest BCUT2D eigenvalue weighted by Crippen LogP contribution is 1.98. The van der Waals surface area contributed by atoms with Crippen LogP contribution >= 0.6 is 0 Å². The fraction of sp³-hybridized carbons (Fsp3) is 0. The van der Waals surface area contributed by atoms with E-state index in [9.17, 15) is 4.79 Å². The van der Waals surface area contributed by atoms with Crippen molar-refractivity contribution in [2.75, 3.05) is 0 Å². The van der Waals surface area contributed by atoms with Gasteiger partial charge in [0.05, 0.1) is 6.20 Å². The van der Waals surface area contributed by atoms with Crippen LogP contribution in [0, 0.1) is 0 Å². The largest absolute Gasteiger partial charge is 0.296 e. The summed E-state index contributed by atoms with van der Waals surface area (Å²) in [6.07, 6.45) is 5.70. The van der Waals surface area contributed by atoms with E-state index in [2.05, 4.69) is 9.97 Å². The normalized spacial score (nSPS) is 10.2. The molecule has 0 spiro atoms. The topological polar surface area (TPSA) is 47.3 Å². The van der Waals surface area contributed by atoms with Crippen LogP contribution in [0.4, 0.5) is 0 Å². The van der Waals surface area contributed by atoms with Crippen molar-refractivity contribution in [2.24, 2.45) is 0 Å². The molecule has 0 bridgehead atoms. The molecule has 0 aromatic carbocycles. The zero-order valence-electron chi connectivity index (χ0n) is 5.64. The second-order valence-corrected chi connectivity index (χ2v) is 2.13. The summed E-state index contributed by atoms with van der Waals surface area (Å²) in [5.74, 6) is 0. The third kappa shape index (κ3) is 0.881. The number of hydrogen-bond acceptors (Lipinski definition) is 3. The van der Waals surface area contributed by atoms with Crippen LogP contribution in [0.25, 0.3) is 5.65 Å². The first-order valence-corrected chi connectivity index (χ1v) is 3.14. The third-order valence-electron chi connectivity index (χ3n) is 1.42. The summed E-state index contributed by atoms with van der Waals surface area (Å²) in [7, 11) is 0. The predicted molar refractivity (Wildman–Crippen MR) is 38.4 cm³/mol. The smallest absolute Gasteiger partial charge is 0.168 e. The van der Waals surface area contributed by atoms with Crippen LogP contribution in [0.3, 0.4) is 0 Å². The van der Waals surface area contributed by atoms with Crippen LogP contribution in [0.2, 0.25) is 0 Å². The van der Waals surface area contributed by atoms with Crippen molar-refractivity contribution in [3.05, 3.63) is 30.5 Å². The molecule has 0 N–H and O–H groups in total. The molecule has 4 heteroatoms. The van der Waals surface area contributed by atoms with Crippen LogP contribution < -0.4 is 0 Å². The van der Waals surface area contributed by atoms with Crippen LogP contribution in [0.15, 0.2) is 24.8 Å². The van der Waals surface area contributed by atoms with Gasteiger partial charge >= 0.3 is 0 Å². The molecule has 0 saturated heterocycles. The van der Waals surface area contributed by atoms with E-state index < -0.39 is 0 Å². The Bertz CT molecular complexity index is 393. The number of imidazole rings is 1. The number of carbonyl (C=O) groups excluding carboxylic acids is 1. The van der Waals surface area contributed by atoms with E-state index in [1.807, 2.05) is 0 Å². The molecule has 0 atom stereocenters. The molecular formula is C7H5N3O. The molecular weight excluding hydrogens is 142 g/mol. The summed E-state index contributed by atoms with van der Waals surface area (Å²) >= 11 is 0. The number of hydrogen-bond donors (Lipinski definition) is 0. The SMILES string of the molecule is O=Cc1ccn2cncc2n1. The summed E-state index contributed by atoms with van der Waals surface area (Å²) in [5, 5.41) is 0. The average molecular weight is 147 g/mol. The highest BCUT2D eigenvalue weighted by Gasteiger charge is 1.94. The number of aromatic nitrogens is 3. The van der Waals surface area contributed by atoms with Crippen molar-refractivity contribution in [1.29, 1.82) is 0 Å². The Morgan fingerprint density at radius 3 is 3.27 bits per heavy atom. The molecule has 54 valence electrons. The molecule has 0 radical (unpaired) electrons. The molecule has 2 aromatic rings. The molecule has 11 heavy (non-hydrogen) atoms. The standard InChI is InChI=1S/C7H5N3O/c11-4-6-1-2-10-5-8-3-7(10)9-6/h1-5H. The summed E-state index contributed by atoms with van der Waals surface area (Å²) in [5.41, 5.74) is 1.12. The fourth-order valence-electron chi connectivity index (χ4n) is 0.891. The number of aldehydes is 1. The second kappa shape index (κ2) is 2.16. The molecule has 0 aliphatic rings. The monoisotopic (exact) mass is 147 g/mol. The number of carbonyl (C=O) groups is 1. The van der Waals surface area contributed by atoms with Crippen LogP contribution in [-0.2, 0) is 0 Å². The van der Waals surface area contributed by atoms with E-state index in [1.54, 1.807) is 29.2 Å². The molecule has 0 aliphatic heterocycles. The Kier molecular flexibility index (Phi) is 1.18. The minimum atomic E-state index is 0.429. The van der Waals surface area contributed by atoms with Crippen LogP contribution in [0.1, 0.15) is 10.5 Å². The highest BCUT2D eigenvalue weighted by atomic mass is 16.1. The summed E-state index contributed by atoms with van der Waals surface area (Å²) < 4.78 is 1.74. The molecule has 2 aromatic heterocycles. The van der Waals surface area contributed by atoms with Gasteiger partial charge in [-0.1, -0.05) is 0 Å². The van der Waals surface area contributed by atoms with Crippen LogP contribution in [-0.4, -0.2) is 20.7 Å². The maximum absolute atomic E-state index is 10.3. The van der Waals surface area contributed by atoms with Gasteiger partial charge in [-0.05, 0) is 6.07 Å². The van der Waals surface area contributed by atoms with Crippen molar-refractivity contribution in [1.82, 2.24) is 14.4 Å². The minimum Gasteiger partial charge on any atom is -0.296 e. The van der Waals surface area contributed by atoms with E-state index in [0.29, 0.717) is 17.6 Å². The van der Waals surface area contributed by atoms with Crippen molar-refractivity contribution < 1.29 is 4.79 Å². The number of rotatable bonds is 1. The molecule has 2 heterocycles. The Morgan fingerprint density at radius 1 is 1.55 bits per heavy atom. The third-order valence-corrected chi connectivity index (χ3v) is 1.42. The van der Waals surface area contributed by atoms with Gasteiger partial charge in [-0.25, -0.2) is 9.97 Å². The quantitative estimate of drug-likeness (QED) is 0.553. The van der Waals surface area contributed by atoms with Gasteiger partial charge in [0.1, 0.15) is 12.0 Å². The first-order valence-electron chi connectivity index (χ1n) is 3.14. The summed E-state index contributed by atoms with van der Waals surface area (Å²) in [6.45, 7) is 0. The lowest BCUT2D eigenvalue weighted by atomic mass is 10.4. The minimum absolute atomic E-state index is 0.429. The van der Waals surface area contributed by atoms with E-state index in [4.69, 9.17) is 0 Å². The lowest BCUT2D eigenvalue weighted by molar-refractivity contribution is 0.111. The molecule has 4 nitrogen and oxygen atoms in total. The summed E-state index contributed by atoms with van der Waals surface area (Å²) in [6, 6.07) is 1.64. The Morgan fingerprint density at radius 2 is 2.45 bits per heavy atom. The highest BCUT2D eigenvalue weighted by molar-refractivity contribution is 5.72. The van der Waals surface area contributed by atoms with Gasteiger partial charge in [-0.3, -0.25) is 9.20 Å². The zero-order valence-corrected chi connectivity index (χ0v) is 5.64. The number of nitrogens with zero attached hydrogens (tertiary/aromatic N) is 3. The van der Waals surface area contributed by atoms with Gasteiger partial charge in [0, 0.05) is 6.20 Å². The maximum atomic E-state index is 10.3. The molecule has 0 amide bonds. The van der Waals surface area contributed by atoms with Crippen molar-refractivity contribution in [2.45, 2.75) is 0 Å². The molecule has 0 saturated carbocycles. The molecule has 0 unspecified atom stereocenters. The Labute approximate surface area is 62.5 Å². The van der Waals surface area contributed by atoms with Crippen molar-refractivity contribution in [3.8, 4) is 0 Å². The zero-order chi connectivity index (χ0) is 7.68. The lowest BCUT2D eigenvalue weighted by Gasteiger charge is -1.91. The Balaban J connectivity index is 2.76. The average Bonchev–Trinajstić information content (AvgIpc) is 2.50. The molecule has 0 aliphatic carbocycles. The van der Waals surface area contributed by atoms with E-state index >= 15 is 0 Å². The van der Waals surface area contributed by atoms with Gasteiger partial charge in [0.2, 0.25) is 0 Å². The van der Waals surface area contributed by atoms with Gasteiger partial charge in [-0.2, -0.15) is 0 Å².